The fraction of sp³-hybridized carbons (Fsp3) is 0.375. The Morgan fingerprint density at radius 1 is 1.59 bits per heavy atom. The zero-order chi connectivity index (χ0) is 13.2. The van der Waals surface area contributed by atoms with E-state index in [1.54, 1.807) is 0 Å². The van der Waals surface area contributed by atoms with Crippen molar-refractivity contribution < 1.29 is 22.8 Å². The summed E-state index contributed by atoms with van der Waals surface area (Å²) < 4.78 is 39.9. The Kier molecular flexibility index (Phi) is 3.76. The molecule has 0 aliphatic rings. The first-order valence-electron chi connectivity index (χ1n) is 4.21. The van der Waals surface area contributed by atoms with Gasteiger partial charge in [0.2, 0.25) is 0 Å². The number of hydrogen-bond donors (Lipinski definition) is 0. The highest BCUT2D eigenvalue weighted by atomic mass is 35.5. The number of hydrogen-bond acceptors (Lipinski definition) is 4. The third kappa shape index (κ3) is 3.45. The van der Waals surface area contributed by atoms with Crippen molar-refractivity contribution in [3.8, 4) is 5.75 Å². The van der Waals surface area contributed by atoms with Crippen LogP contribution in [0, 0.1) is 17.0 Å². The lowest BCUT2D eigenvalue weighted by molar-refractivity contribution is -0.389. The normalized spacial score (nSPS) is 11.4. The molecule has 1 aromatic heterocycles. The predicted octanol–water partition coefficient (Wildman–Crippen LogP) is 2.94. The van der Waals surface area contributed by atoms with Crippen LogP contribution in [0.25, 0.3) is 0 Å². The fourth-order valence-electron chi connectivity index (χ4n) is 1.13. The van der Waals surface area contributed by atoms with Crippen LogP contribution in [-0.2, 0) is 5.88 Å². The summed E-state index contributed by atoms with van der Waals surface area (Å²) in [7, 11) is 0. The van der Waals surface area contributed by atoms with E-state index in [1.165, 1.54) is 6.92 Å². The highest BCUT2D eigenvalue weighted by Gasteiger charge is 2.34. The van der Waals surface area contributed by atoms with Gasteiger partial charge in [0.05, 0.1) is 17.5 Å². The zero-order valence-electron chi connectivity index (χ0n) is 8.42. The van der Waals surface area contributed by atoms with E-state index in [0.717, 1.165) is 0 Å². The van der Waals surface area contributed by atoms with E-state index in [9.17, 15) is 23.3 Å². The van der Waals surface area contributed by atoms with Gasteiger partial charge in [0, 0.05) is 6.92 Å². The minimum atomic E-state index is -4.94. The average molecular weight is 271 g/mol. The van der Waals surface area contributed by atoms with Crippen molar-refractivity contribution in [1.82, 2.24) is 4.98 Å². The number of pyridine rings is 1. The molecular formula is C8H6ClF3N2O3. The van der Waals surface area contributed by atoms with Gasteiger partial charge in [-0.3, -0.25) is 0 Å². The van der Waals surface area contributed by atoms with Gasteiger partial charge in [0.25, 0.3) is 0 Å². The topological polar surface area (TPSA) is 65.3 Å². The second-order valence-electron chi connectivity index (χ2n) is 2.98. The van der Waals surface area contributed by atoms with Gasteiger partial charge in [-0.25, -0.2) is 0 Å². The molecule has 17 heavy (non-hydrogen) atoms. The molecule has 1 aromatic rings. The first-order chi connectivity index (χ1) is 7.74. The quantitative estimate of drug-likeness (QED) is 0.481. The van der Waals surface area contributed by atoms with Gasteiger partial charge in [-0.1, -0.05) is 0 Å². The van der Waals surface area contributed by atoms with E-state index >= 15 is 0 Å². The Labute approximate surface area is 98.3 Å². The standard InChI is InChI=1S/C8H6ClF3N2O3/c1-4-5(3-9)6(17-8(10,11)12)2-7(13-4)14(15)16/h2H,3H2,1H3. The van der Waals surface area contributed by atoms with Crippen molar-refractivity contribution in [1.29, 1.82) is 0 Å². The third-order valence-electron chi connectivity index (χ3n) is 1.82. The summed E-state index contributed by atoms with van der Waals surface area (Å²) in [6.45, 7) is 1.31. The number of alkyl halides is 4. The molecule has 5 nitrogen and oxygen atoms in total. The Balaban J connectivity index is 3.29. The number of ether oxygens (including phenoxy) is 1. The van der Waals surface area contributed by atoms with Crippen molar-refractivity contribution >= 4 is 17.4 Å². The predicted molar refractivity (Wildman–Crippen MR) is 51.9 cm³/mol. The smallest absolute Gasteiger partial charge is 0.405 e. The molecule has 0 aromatic carbocycles. The minimum absolute atomic E-state index is 0.0217. The van der Waals surface area contributed by atoms with Crippen LogP contribution in [0.1, 0.15) is 11.3 Å². The molecule has 1 rings (SSSR count). The van der Waals surface area contributed by atoms with Gasteiger partial charge in [0.1, 0.15) is 5.75 Å². The SMILES string of the molecule is Cc1nc([N+](=O)[O-])cc(OC(F)(F)F)c1CCl. The number of aryl methyl sites for hydroxylation is 1. The maximum absolute atomic E-state index is 12.1. The molecular weight excluding hydrogens is 265 g/mol. The van der Waals surface area contributed by atoms with Crippen molar-refractivity contribution in [3.63, 3.8) is 0 Å². The molecule has 0 N–H and O–H groups in total. The summed E-state index contributed by atoms with van der Waals surface area (Å²) in [5, 5.41) is 10.4. The van der Waals surface area contributed by atoms with E-state index in [0.29, 0.717) is 6.07 Å². The molecule has 0 unspecified atom stereocenters. The summed E-state index contributed by atoms with van der Waals surface area (Å²) in [4.78, 5) is 13.0. The Hall–Kier alpha value is -1.57. The number of halogens is 4. The molecule has 0 saturated heterocycles. The summed E-state index contributed by atoms with van der Waals surface area (Å²) in [6, 6.07) is 0.595. The summed E-state index contributed by atoms with van der Waals surface area (Å²) in [5.41, 5.74) is -0.0111. The molecule has 0 amide bonds. The number of aromatic nitrogens is 1. The molecule has 0 spiro atoms. The molecule has 0 saturated carbocycles. The summed E-state index contributed by atoms with van der Waals surface area (Å²) in [5.74, 6) is -1.72. The molecule has 9 heteroatoms. The first kappa shape index (κ1) is 13.5. The van der Waals surface area contributed by atoms with Crippen LogP contribution >= 0.6 is 11.6 Å². The van der Waals surface area contributed by atoms with Crippen molar-refractivity contribution in [2.45, 2.75) is 19.2 Å². The fourth-order valence-corrected chi connectivity index (χ4v) is 1.45. The third-order valence-corrected chi connectivity index (χ3v) is 2.09. The lowest BCUT2D eigenvalue weighted by Gasteiger charge is -2.11. The van der Waals surface area contributed by atoms with Gasteiger partial charge in [-0.15, -0.1) is 24.8 Å². The van der Waals surface area contributed by atoms with Gasteiger partial charge >= 0.3 is 12.2 Å². The second-order valence-corrected chi connectivity index (χ2v) is 3.25. The van der Waals surface area contributed by atoms with Crippen molar-refractivity contribution in [2.75, 3.05) is 0 Å². The van der Waals surface area contributed by atoms with Gasteiger partial charge in [0.15, 0.2) is 5.69 Å². The van der Waals surface area contributed by atoms with Crippen LogP contribution < -0.4 is 4.74 Å². The Morgan fingerprint density at radius 2 is 2.18 bits per heavy atom. The highest BCUT2D eigenvalue weighted by Crippen LogP contribution is 2.31. The zero-order valence-corrected chi connectivity index (χ0v) is 9.17. The largest absolute Gasteiger partial charge is 0.573 e. The van der Waals surface area contributed by atoms with Crippen LogP contribution in [0.2, 0.25) is 0 Å². The number of nitrogens with zero attached hydrogens (tertiary/aromatic N) is 2. The number of rotatable bonds is 3. The molecule has 1 heterocycles. The van der Waals surface area contributed by atoms with Crippen molar-refractivity contribution in [3.05, 3.63) is 27.4 Å². The molecule has 0 bridgehead atoms. The van der Waals surface area contributed by atoms with Crippen LogP contribution in [0.4, 0.5) is 19.0 Å². The lowest BCUT2D eigenvalue weighted by atomic mass is 10.2. The van der Waals surface area contributed by atoms with Gasteiger partial charge in [-0.2, -0.15) is 0 Å². The molecule has 0 radical (unpaired) electrons. The van der Waals surface area contributed by atoms with Gasteiger partial charge < -0.3 is 14.9 Å². The monoisotopic (exact) mass is 270 g/mol. The van der Waals surface area contributed by atoms with E-state index in [1.807, 2.05) is 0 Å². The number of nitro groups is 1. The molecule has 0 aliphatic heterocycles. The maximum Gasteiger partial charge on any atom is 0.573 e. The second kappa shape index (κ2) is 4.74. The van der Waals surface area contributed by atoms with E-state index in [2.05, 4.69) is 9.72 Å². The molecule has 0 atom stereocenters. The van der Waals surface area contributed by atoms with Crippen LogP contribution in [0.3, 0.4) is 0 Å². The van der Waals surface area contributed by atoms with Crippen LogP contribution in [0.15, 0.2) is 6.07 Å². The van der Waals surface area contributed by atoms with E-state index in [4.69, 9.17) is 11.6 Å². The van der Waals surface area contributed by atoms with Crippen molar-refractivity contribution in [2.24, 2.45) is 0 Å². The van der Waals surface area contributed by atoms with Gasteiger partial charge in [-0.05, 0) is 9.91 Å². The van der Waals surface area contributed by atoms with E-state index < -0.39 is 22.9 Å². The first-order valence-corrected chi connectivity index (χ1v) is 4.74. The van der Waals surface area contributed by atoms with E-state index in [-0.39, 0.29) is 17.1 Å². The minimum Gasteiger partial charge on any atom is -0.405 e. The molecule has 94 valence electrons. The Bertz CT molecular complexity index is 450. The highest BCUT2D eigenvalue weighted by molar-refractivity contribution is 6.17. The average Bonchev–Trinajstić information content (AvgIpc) is 2.14. The molecule has 0 fully saturated rings. The Morgan fingerprint density at radius 3 is 2.59 bits per heavy atom. The summed E-state index contributed by atoms with van der Waals surface area (Å²) in [6.07, 6.45) is -4.94. The maximum atomic E-state index is 12.1. The van der Waals surface area contributed by atoms with Crippen LogP contribution in [-0.4, -0.2) is 16.3 Å². The summed E-state index contributed by atoms with van der Waals surface area (Å²) >= 11 is 5.44. The van der Waals surface area contributed by atoms with Crippen LogP contribution in [0.5, 0.6) is 5.75 Å². The molecule has 0 aliphatic carbocycles. The lowest BCUT2D eigenvalue weighted by Crippen LogP contribution is -2.18.